The Hall–Kier alpha value is -2.06. The first-order valence-corrected chi connectivity index (χ1v) is 6.60. The molecule has 0 aliphatic heterocycles. The minimum absolute atomic E-state index is 0.0381. The largest absolute Gasteiger partial charge is 0.469 e. The van der Waals surface area contributed by atoms with Gasteiger partial charge in [0.15, 0.2) is 0 Å². The molecule has 2 nitrogen and oxygen atoms in total. The minimum Gasteiger partial charge on any atom is -0.469 e. The zero-order valence-corrected chi connectivity index (χ0v) is 10.8. The molecule has 2 heteroatoms. The van der Waals surface area contributed by atoms with Crippen LogP contribution in [-0.4, -0.2) is 0 Å². The highest BCUT2D eigenvalue weighted by atomic mass is 16.3. The summed E-state index contributed by atoms with van der Waals surface area (Å²) in [6.45, 7) is 0. The predicted octanol–water partition coefficient (Wildman–Crippen LogP) is 4.07. The van der Waals surface area contributed by atoms with Gasteiger partial charge in [-0.15, -0.1) is 0 Å². The van der Waals surface area contributed by atoms with Crippen molar-refractivity contribution >= 4 is 10.8 Å². The molecule has 1 atom stereocenters. The van der Waals surface area contributed by atoms with Crippen molar-refractivity contribution in [3.63, 3.8) is 0 Å². The van der Waals surface area contributed by atoms with E-state index in [0.717, 1.165) is 18.6 Å². The van der Waals surface area contributed by atoms with E-state index in [1.807, 2.05) is 12.1 Å². The molecule has 2 N–H and O–H groups in total. The monoisotopic (exact) mass is 251 g/mol. The van der Waals surface area contributed by atoms with Crippen LogP contribution in [0.25, 0.3) is 10.8 Å². The zero-order valence-electron chi connectivity index (χ0n) is 10.8. The van der Waals surface area contributed by atoms with Crippen LogP contribution in [0.3, 0.4) is 0 Å². The molecule has 0 saturated heterocycles. The van der Waals surface area contributed by atoms with Crippen LogP contribution < -0.4 is 5.73 Å². The predicted molar refractivity (Wildman–Crippen MR) is 77.9 cm³/mol. The summed E-state index contributed by atoms with van der Waals surface area (Å²) in [6, 6.07) is 18.6. The van der Waals surface area contributed by atoms with Gasteiger partial charge in [-0.05, 0) is 34.9 Å². The van der Waals surface area contributed by atoms with Crippen LogP contribution in [0.5, 0.6) is 0 Å². The molecule has 0 spiro atoms. The van der Waals surface area contributed by atoms with Gasteiger partial charge in [-0.25, -0.2) is 0 Å². The molecule has 3 aromatic rings. The van der Waals surface area contributed by atoms with Gasteiger partial charge in [-0.3, -0.25) is 0 Å². The smallest absolute Gasteiger partial charge is 0.103 e. The molecule has 0 radical (unpaired) electrons. The van der Waals surface area contributed by atoms with Gasteiger partial charge in [-0.2, -0.15) is 0 Å². The number of hydrogen-bond acceptors (Lipinski definition) is 2. The minimum atomic E-state index is 0.0381. The molecule has 1 aromatic heterocycles. The van der Waals surface area contributed by atoms with E-state index in [0.29, 0.717) is 0 Å². The third kappa shape index (κ3) is 2.54. The van der Waals surface area contributed by atoms with E-state index in [1.54, 1.807) is 6.26 Å². The molecule has 0 aliphatic carbocycles. The standard InChI is InChI=1S/C17H17NO/c18-17(11-10-14-7-4-12-19-14)16-9-3-6-13-5-1-2-8-15(13)16/h1-9,12,17H,10-11,18H2. The molecule has 19 heavy (non-hydrogen) atoms. The van der Waals surface area contributed by atoms with E-state index in [2.05, 4.69) is 42.5 Å². The Bertz CT molecular complexity index is 653. The van der Waals surface area contributed by atoms with E-state index < -0.39 is 0 Å². The second-order valence-electron chi connectivity index (χ2n) is 4.79. The third-order valence-corrected chi connectivity index (χ3v) is 3.50. The first kappa shape index (κ1) is 12.0. The Kier molecular flexibility index (Phi) is 3.34. The fourth-order valence-electron chi connectivity index (χ4n) is 2.48. The van der Waals surface area contributed by atoms with Crippen molar-refractivity contribution in [3.05, 3.63) is 72.2 Å². The Labute approximate surface area is 112 Å². The average molecular weight is 251 g/mol. The quantitative estimate of drug-likeness (QED) is 0.759. The van der Waals surface area contributed by atoms with Crippen LogP contribution in [0.1, 0.15) is 23.8 Å². The maximum Gasteiger partial charge on any atom is 0.103 e. The molecule has 0 aliphatic rings. The lowest BCUT2D eigenvalue weighted by molar-refractivity contribution is 0.489. The van der Waals surface area contributed by atoms with Crippen molar-refractivity contribution < 1.29 is 4.42 Å². The molecule has 0 amide bonds. The SMILES string of the molecule is NC(CCc1ccco1)c1cccc2ccccc12. The number of hydrogen-bond donors (Lipinski definition) is 1. The van der Waals surface area contributed by atoms with Crippen LogP contribution in [0.15, 0.2) is 65.3 Å². The molecule has 1 unspecified atom stereocenters. The first-order valence-electron chi connectivity index (χ1n) is 6.60. The maximum atomic E-state index is 6.34. The highest BCUT2D eigenvalue weighted by Gasteiger charge is 2.10. The summed E-state index contributed by atoms with van der Waals surface area (Å²) in [7, 11) is 0. The molecular weight excluding hydrogens is 234 g/mol. The van der Waals surface area contributed by atoms with Crippen molar-refractivity contribution in [1.82, 2.24) is 0 Å². The van der Waals surface area contributed by atoms with Gasteiger partial charge < -0.3 is 10.2 Å². The van der Waals surface area contributed by atoms with Gasteiger partial charge in [0.2, 0.25) is 0 Å². The van der Waals surface area contributed by atoms with E-state index >= 15 is 0 Å². The molecule has 1 heterocycles. The van der Waals surface area contributed by atoms with Crippen LogP contribution in [0.2, 0.25) is 0 Å². The average Bonchev–Trinajstić information content (AvgIpc) is 2.97. The second-order valence-corrected chi connectivity index (χ2v) is 4.79. The third-order valence-electron chi connectivity index (χ3n) is 3.50. The van der Waals surface area contributed by atoms with Crippen molar-refractivity contribution in [3.8, 4) is 0 Å². The number of aryl methyl sites for hydroxylation is 1. The maximum absolute atomic E-state index is 6.34. The van der Waals surface area contributed by atoms with Crippen molar-refractivity contribution in [1.29, 1.82) is 0 Å². The lowest BCUT2D eigenvalue weighted by Crippen LogP contribution is -2.11. The van der Waals surface area contributed by atoms with Gasteiger partial charge in [0.1, 0.15) is 5.76 Å². The Morgan fingerprint density at radius 3 is 2.63 bits per heavy atom. The van der Waals surface area contributed by atoms with Gasteiger partial charge in [-0.1, -0.05) is 42.5 Å². The lowest BCUT2D eigenvalue weighted by Gasteiger charge is -2.14. The van der Waals surface area contributed by atoms with Crippen LogP contribution >= 0.6 is 0 Å². The highest BCUT2D eigenvalue weighted by Crippen LogP contribution is 2.25. The molecule has 0 saturated carbocycles. The zero-order chi connectivity index (χ0) is 13.1. The highest BCUT2D eigenvalue weighted by molar-refractivity contribution is 5.86. The Balaban J connectivity index is 1.83. The van der Waals surface area contributed by atoms with E-state index in [-0.39, 0.29) is 6.04 Å². The topological polar surface area (TPSA) is 39.2 Å². The van der Waals surface area contributed by atoms with Gasteiger partial charge in [0.05, 0.1) is 6.26 Å². The number of benzene rings is 2. The van der Waals surface area contributed by atoms with Crippen LogP contribution in [-0.2, 0) is 6.42 Å². The first-order chi connectivity index (χ1) is 9.34. The van der Waals surface area contributed by atoms with E-state index in [9.17, 15) is 0 Å². The van der Waals surface area contributed by atoms with E-state index in [1.165, 1.54) is 16.3 Å². The molecule has 0 fully saturated rings. The molecule has 0 bridgehead atoms. The summed E-state index contributed by atoms with van der Waals surface area (Å²) in [5.41, 5.74) is 7.55. The van der Waals surface area contributed by atoms with Gasteiger partial charge >= 0.3 is 0 Å². The summed E-state index contributed by atoms with van der Waals surface area (Å²) >= 11 is 0. The number of furan rings is 1. The fraction of sp³-hybridized carbons (Fsp3) is 0.176. The van der Waals surface area contributed by atoms with E-state index in [4.69, 9.17) is 10.2 Å². The normalized spacial score (nSPS) is 12.7. The van der Waals surface area contributed by atoms with Crippen molar-refractivity contribution in [2.24, 2.45) is 5.73 Å². The number of fused-ring (bicyclic) bond motifs is 1. The van der Waals surface area contributed by atoms with Gasteiger partial charge in [0.25, 0.3) is 0 Å². The number of rotatable bonds is 4. The molecule has 2 aromatic carbocycles. The molecule has 96 valence electrons. The number of nitrogens with two attached hydrogens (primary N) is 1. The lowest BCUT2D eigenvalue weighted by atomic mass is 9.96. The van der Waals surface area contributed by atoms with Crippen LogP contribution in [0.4, 0.5) is 0 Å². The van der Waals surface area contributed by atoms with Crippen molar-refractivity contribution in [2.45, 2.75) is 18.9 Å². The Morgan fingerprint density at radius 1 is 0.947 bits per heavy atom. The molecular formula is C17H17NO. The molecule has 3 rings (SSSR count). The Morgan fingerprint density at radius 2 is 1.79 bits per heavy atom. The summed E-state index contributed by atoms with van der Waals surface area (Å²) in [5, 5.41) is 2.49. The van der Waals surface area contributed by atoms with Gasteiger partial charge in [0, 0.05) is 12.5 Å². The fourth-order valence-corrected chi connectivity index (χ4v) is 2.48. The summed E-state index contributed by atoms with van der Waals surface area (Å²) in [6.07, 6.45) is 3.47. The summed E-state index contributed by atoms with van der Waals surface area (Å²) in [5.74, 6) is 0.996. The summed E-state index contributed by atoms with van der Waals surface area (Å²) in [4.78, 5) is 0. The van der Waals surface area contributed by atoms with Crippen LogP contribution in [0, 0.1) is 0 Å². The second kappa shape index (κ2) is 5.29. The summed E-state index contributed by atoms with van der Waals surface area (Å²) < 4.78 is 5.35. The van der Waals surface area contributed by atoms with Crippen molar-refractivity contribution in [2.75, 3.05) is 0 Å².